The first kappa shape index (κ1) is 13.6. The van der Waals surface area contributed by atoms with Gasteiger partial charge in [0, 0.05) is 6.54 Å². The van der Waals surface area contributed by atoms with E-state index in [2.05, 4.69) is 5.32 Å². The van der Waals surface area contributed by atoms with Gasteiger partial charge >= 0.3 is 6.03 Å². The van der Waals surface area contributed by atoms with Gasteiger partial charge in [-0.15, -0.1) is 0 Å². The predicted octanol–water partition coefficient (Wildman–Crippen LogP) is 2.50. The Morgan fingerprint density at radius 2 is 1.84 bits per heavy atom. The second-order valence-corrected chi connectivity index (χ2v) is 5.36. The Kier molecular flexibility index (Phi) is 3.60. The highest BCUT2D eigenvalue weighted by Crippen LogP contribution is 2.32. The maximum atomic E-state index is 12.6. The smallest absolute Gasteiger partial charge is 0.319 e. The highest BCUT2D eigenvalue weighted by atomic mass is 16.2. The van der Waals surface area contributed by atoms with E-state index in [1.165, 1.54) is 4.90 Å². The third kappa shape index (κ3) is 2.23. The Balaban J connectivity index is 2.38. The molecule has 1 N–H and O–H groups in total. The topological polar surface area (TPSA) is 49.4 Å². The van der Waals surface area contributed by atoms with Crippen LogP contribution in [0.25, 0.3) is 0 Å². The molecular formula is C15H20N2O2. The molecule has 0 bridgehead atoms. The Morgan fingerprint density at radius 1 is 1.21 bits per heavy atom. The van der Waals surface area contributed by atoms with Crippen molar-refractivity contribution in [3.05, 3.63) is 35.9 Å². The summed E-state index contributed by atoms with van der Waals surface area (Å²) in [4.78, 5) is 26.0. The first-order chi connectivity index (χ1) is 9.01. The van der Waals surface area contributed by atoms with Crippen LogP contribution in [0.5, 0.6) is 0 Å². The zero-order chi connectivity index (χ0) is 14.0. The van der Waals surface area contributed by atoms with E-state index < -0.39 is 5.54 Å². The van der Waals surface area contributed by atoms with Gasteiger partial charge in [-0.25, -0.2) is 4.79 Å². The summed E-state index contributed by atoms with van der Waals surface area (Å²) < 4.78 is 0. The molecule has 1 aliphatic rings. The minimum absolute atomic E-state index is 0.139. The van der Waals surface area contributed by atoms with Crippen molar-refractivity contribution in [3.63, 3.8) is 0 Å². The summed E-state index contributed by atoms with van der Waals surface area (Å²) in [6.07, 6.45) is 0.552. The molecule has 1 aliphatic heterocycles. The zero-order valence-corrected chi connectivity index (χ0v) is 11.6. The van der Waals surface area contributed by atoms with Crippen molar-refractivity contribution in [1.29, 1.82) is 0 Å². The van der Waals surface area contributed by atoms with E-state index in [4.69, 9.17) is 0 Å². The van der Waals surface area contributed by atoms with Crippen molar-refractivity contribution in [1.82, 2.24) is 10.2 Å². The second kappa shape index (κ2) is 5.03. The fraction of sp³-hybridized carbons (Fsp3) is 0.467. The first-order valence-electron chi connectivity index (χ1n) is 6.71. The quantitative estimate of drug-likeness (QED) is 0.846. The Bertz CT molecular complexity index is 484. The summed E-state index contributed by atoms with van der Waals surface area (Å²) in [5.41, 5.74) is -0.0464. The van der Waals surface area contributed by atoms with Gasteiger partial charge in [0.2, 0.25) is 0 Å². The molecule has 1 fully saturated rings. The van der Waals surface area contributed by atoms with Gasteiger partial charge in [-0.1, -0.05) is 51.1 Å². The van der Waals surface area contributed by atoms with Crippen molar-refractivity contribution in [2.24, 2.45) is 5.92 Å². The number of benzene rings is 1. The number of urea groups is 1. The first-order valence-corrected chi connectivity index (χ1v) is 6.71. The van der Waals surface area contributed by atoms with Crippen molar-refractivity contribution < 1.29 is 9.59 Å². The van der Waals surface area contributed by atoms with Crippen LogP contribution in [0.15, 0.2) is 30.3 Å². The van der Waals surface area contributed by atoms with Crippen LogP contribution < -0.4 is 5.32 Å². The molecule has 0 radical (unpaired) electrons. The molecular weight excluding hydrogens is 240 g/mol. The van der Waals surface area contributed by atoms with Crippen LogP contribution in [0, 0.1) is 5.92 Å². The van der Waals surface area contributed by atoms with Crippen LogP contribution >= 0.6 is 0 Å². The number of imide groups is 1. The molecule has 1 atom stereocenters. The number of hydrogen-bond acceptors (Lipinski definition) is 2. The van der Waals surface area contributed by atoms with Crippen LogP contribution in [0.4, 0.5) is 4.79 Å². The number of amides is 3. The number of hydrogen-bond donors (Lipinski definition) is 1. The molecule has 1 heterocycles. The van der Waals surface area contributed by atoms with Gasteiger partial charge < -0.3 is 5.32 Å². The molecule has 0 aromatic heterocycles. The van der Waals surface area contributed by atoms with Gasteiger partial charge in [-0.05, 0) is 17.9 Å². The molecule has 0 aliphatic carbocycles. The highest BCUT2D eigenvalue weighted by molar-refractivity contribution is 6.07. The summed E-state index contributed by atoms with van der Waals surface area (Å²) in [5.74, 6) is 0.123. The summed E-state index contributed by atoms with van der Waals surface area (Å²) in [6.45, 7) is 6.37. The summed E-state index contributed by atoms with van der Waals surface area (Å²) in [5, 5.41) is 2.88. The van der Waals surface area contributed by atoms with Gasteiger partial charge in [-0.3, -0.25) is 9.69 Å². The Hall–Kier alpha value is -1.84. The lowest BCUT2D eigenvalue weighted by atomic mass is 9.87. The summed E-state index contributed by atoms with van der Waals surface area (Å²) in [7, 11) is 0. The lowest BCUT2D eigenvalue weighted by Gasteiger charge is -2.26. The standard InChI is InChI=1S/C15H20N2O2/c1-4-15(12-8-6-5-7-9-12)13(18)17(10-11(2)3)14(19)16-15/h5-9,11H,4,10H2,1-3H3,(H,16,19)/t15-/m1/s1. The average Bonchev–Trinajstić information content (AvgIpc) is 2.64. The van der Waals surface area contributed by atoms with Gasteiger partial charge in [-0.2, -0.15) is 0 Å². The van der Waals surface area contributed by atoms with Crippen molar-refractivity contribution in [3.8, 4) is 0 Å². The number of carbonyl (C=O) groups is 2. The van der Waals surface area contributed by atoms with Crippen LogP contribution in [-0.2, 0) is 10.3 Å². The minimum Gasteiger partial charge on any atom is -0.319 e. The highest BCUT2D eigenvalue weighted by Gasteiger charge is 2.50. The largest absolute Gasteiger partial charge is 0.325 e. The Labute approximate surface area is 113 Å². The molecule has 4 nitrogen and oxygen atoms in total. The fourth-order valence-corrected chi connectivity index (χ4v) is 2.52. The predicted molar refractivity (Wildman–Crippen MR) is 73.5 cm³/mol. The second-order valence-electron chi connectivity index (χ2n) is 5.36. The number of nitrogens with one attached hydrogen (secondary N) is 1. The molecule has 2 rings (SSSR count). The van der Waals surface area contributed by atoms with Gasteiger partial charge in [0.05, 0.1) is 0 Å². The third-order valence-corrected chi connectivity index (χ3v) is 3.52. The SMILES string of the molecule is CC[C@]1(c2ccccc2)NC(=O)N(CC(C)C)C1=O. The third-order valence-electron chi connectivity index (χ3n) is 3.52. The maximum absolute atomic E-state index is 12.6. The number of rotatable bonds is 4. The van der Waals surface area contributed by atoms with Gasteiger partial charge in [0.1, 0.15) is 5.54 Å². The molecule has 1 aromatic rings. The number of nitrogens with zero attached hydrogens (tertiary/aromatic N) is 1. The molecule has 3 amide bonds. The van der Waals surface area contributed by atoms with E-state index in [1.54, 1.807) is 0 Å². The van der Waals surface area contributed by atoms with E-state index in [0.29, 0.717) is 13.0 Å². The van der Waals surface area contributed by atoms with Crippen LogP contribution in [0.3, 0.4) is 0 Å². The van der Waals surface area contributed by atoms with E-state index in [1.807, 2.05) is 51.1 Å². The summed E-state index contributed by atoms with van der Waals surface area (Å²) in [6, 6.07) is 9.17. The molecule has 1 saturated heterocycles. The monoisotopic (exact) mass is 260 g/mol. The molecule has 0 spiro atoms. The zero-order valence-electron chi connectivity index (χ0n) is 11.6. The molecule has 0 unspecified atom stereocenters. The molecule has 4 heteroatoms. The van der Waals surface area contributed by atoms with E-state index in [0.717, 1.165) is 5.56 Å². The number of carbonyl (C=O) groups excluding carboxylic acids is 2. The lowest BCUT2D eigenvalue weighted by Crippen LogP contribution is -2.43. The molecule has 102 valence electrons. The molecule has 19 heavy (non-hydrogen) atoms. The molecule has 0 saturated carbocycles. The van der Waals surface area contributed by atoms with E-state index in [9.17, 15) is 9.59 Å². The van der Waals surface area contributed by atoms with Crippen molar-refractivity contribution >= 4 is 11.9 Å². The van der Waals surface area contributed by atoms with Gasteiger partial charge in [0.25, 0.3) is 5.91 Å². The maximum Gasteiger partial charge on any atom is 0.325 e. The van der Waals surface area contributed by atoms with Crippen molar-refractivity contribution in [2.45, 2.75) is 32.7 Å². The lowest BCUT2D eigenvalue weighted by molar-refractivity contribution is -0.132. The summed E-state index contributed by atoms with van der Waals surface area (Å²) >= 11 is 0. The minimum atomic E-state index is -0.896. The van der Waals surface area contributed by atoms with Crippen LogP contribution in [0.1, 0.15) is 32.8 Å². The van der Waals surface area contributed by atoms with Crippen LogP contribution in [0.2, 0.25) is 0 Å². The van der Waals surface area contributed by atoms with Crippen LogP contribution in [-0.4, -0.2) is 23.4 Å². The Morgan fingerprint density at radius 3 is 2.37 bits per heavy atom. The van der Waals surface area contributed by atoms with Crippen molar-refractivity contribution in [2.75, 3.05) is 6.54 Å². The van der Waals surface area contributed by atoms with E-state index in [-0.39, 0.29) is 17.9 Å². The molecule has 1 aromatic carbocycles. The van der Waals surface area contributed by atoms with E-state index >= 15 is 0 Å². The van der Waals surface area contributed by atoms with Gasteiger partial charge in [0.15, 0.2) is 0 Å². The fourth-order valence-electron chi connectivity index (χ4n) is 2.52. The normalized spacial score (nSPS) is 23.1. The average molecular weight is 260 g/mol.